The van der Waals surface area contributed by atoms with Crippen molar-refractivity contribution >= 4 is 11.6 Å². The first-order valence-corrected chi connectivity index (χ1v) is 4.87. The van der Waals surface area contributed by atoms with Gasteiger partial charge in [-0.05, 0) is 24.5 Å². The Morgan fingerprint density at radius 2 is 2.13 bits per heavy atom. The fraction of sp³-hybridized carbons (Fsp3) is 0.364. The van der Waals surface area contributed by atoms with Crippen LogP contribution in [0.15, 0.2) is 12.1 Å². The molecular formula is C11H12FNO2. The standard InChI is InChI=1S/C11H12FNO2/c1-13-9-6-10(14)8(12)5-7(9)3-2-4-11(13)15/h5-6,14H,2-4H2,1H3. The number of phenols is 1. The lowest BCUT2D eigenvalue weighted by molar-refractivity contribution is -0.118. The van der Waals surface area contributed by atoms with Gasteiger partial charge in [0.15, 0.2) is 11.6 Å². The number of nitrogens with zero attached hydrogens (tertiary/aromatic N) is 1. The molecular weight excluding hydrogens is 197 g/mol. The summed E-state index contributed by atoms with van der Waals surface area (Å²) in [6, 6.07) is 2.62. The summed E-state index contributed by atoms with van der Waals surface area (Å²) in [7, 11) is 1.64. The molecule has 0 radical (unpaired) electrons. The van der Waals surface area contributed by atoms with Crippen molar-refractivity contribution in [3.63, 3.8) is 0 Å². The topological polar surface area (TPSA) is 40.5 Å². The number of hydrogen-bond donors (Lipinski definition) is 1. The van der Waals surface area contributed by atoms with E-state index in [0.717, 1.165) is 12.0 Å². The number of aromatic hydroxyl groups is 1. The number of rotatable bonds is 0. The lowest BCUT2D eigenvalue weighted by atomic mass is 10.1. The fourth-order valence-corrected chi connectivity index (χ4v) is 1.84. The summed E-state index contributed by atoms with van der Waals surface area (Å²) in [6.07, 6.45) is 1.86. The van der Waals surface area contributed by atoms with Crippen LogP contribution in [0.3, 0.4) is 0 Å². The number of amides is 1. The van der Waals surface area contributed by atoms with Gasteiger partial charge in [0, 0.05) is 19.5 Å². The van der Waals surface area contributed by atoms with Crippen LogP contribution in [0.25, 0.3) is 0 Å². The van der Waals surface area contributed by atoms with E-state index in [1.54, 1.807) is 7.05 Å². The van der Waals surface area contributed by atoms with Crippen LogP contribution < -0.4 is 4.90 Å². The highest BCUT2D eigenvalue weighted by atomic mass is 19.1. The number of halogens is 1. The van der Waals surface area contributed by atoms with Crippen LogP contribution in [-0.4, -0.2) is 18.1 Å². The number of fused-ring (bicyclic) bond motifs is 1. The Labute approximate surface area is 87.1 Å². The first-order valence-electron chi connectivity index (χ1n) is 4.87. The Kier molecular flexibility index (Phi) is 2.34. The predicted octanol–water partition coefficient (Wildman–Crippen LogP) is 1.83. The highest BCUT2D eigenvalue weighted by Gasteiger charge is 2.20. The summed E-state index contributed by atoms with van der Waals surface area (Å²) in [5.74, 6) is -1.04. The Bertz CT molecular complexity index is 417. The van der Waals surface area contributed by atoms with E-state index in [2.05, 4.69) is 0 Å². The Morgan fingerprint density at radius 1 is 1.40 bits per heavy atom. The van der Waals surface area contributed by atoms with Gasteiger partial charge in [0.25, 0.3) is 0 Å². The van der Waals surface area contributed by atoms with Gasteiger partial charge in [-0.3, -0.25) is 4.79 Å². The molecule has 0 aliphatic carbocycles. The molecule has 1 aliphatic rings. The minimum atomic E-state index is -0.628. The summed E-state index contributed by atoms with van der Waals surface area (Å²) in [4.78, 5) is 13.0. The number of carbonyl (C=O) groups excluding carboxylic acids is 1. The van der Waals surface area contributed by atoms with Gasteiger partial charge in [0.05, 0.1) is 5.69 Å². The molecule has 1 aromatic carbocycles. The maximum Gasteiger partial charge on any atom is 0.226 e. The molecule has 2 rings (SSSR count). The highest BCUT2D eigenvalue weighted by Crippen LogP contribution is 2.31. The smallest absolute Gasteiger partial charge is 0.226 e. The monoisotopic (exact) mass is 209 g/mol. The van der Waals surface area contributed by atoms with Crippen LogP contribution >= 0.6 is 0 Å². The lowest BCUT2D eigenvalue weighted by Gasteiger charge is -2.17. The number of phenolic OH excluding ortho intramolecular Hbond substituents is 1. The van der Waals surface area contributed by atoms with Crippen LogP contribution in [0.2, 0.25) is 0 Å². The van der Waals surface area contributed by atoms with Crippen LogP contribution in [0.5, 0.6) is 5.75 Å². The molecule has 80 valence electrons. The minimum Gasteiger partial charge on any atom is -0.505 e. The molecule has 1 aliphatic heterocycles. The van der Waals surface area contributed by atoms with Gasteiger partial charge >= 0.3 is 0 Å². The van der Waals surface area contributed by atoms with E-state index in [4.69, 9.17) is 0 Å². The molecule has 0 fully saturated rings. The summed E-state index contributed by atoms with van der Waals surface area (Å²) in [5, 5.41) is 9.26. The summed E-state index contributed by atoms with van der Waals surface area (Å²) >= 11 is 0. The number of carbonyl (C=O) groups is 1. The van der Waals surface area contributed by atoms with Gasteiger partial charge in [-0.2, -0.15) is 0 Å². The molecule has 0 saturated heterocycles. The maximum absolute atomic E-state index is 13.1. The van der Waals surface area contributed by atoms with Gasteiger partial charge < -0.3 is 10.0 Å². The number of hydrogen-bond acceptors (Lipinski definition) is 2. The van der Waals surface area contributed by atoms with Crippen molar-refractivity contribution in [3.05, 3.63) is 23.5 Å². The largest absolute Gasteiger partial charge is 0.505 e. The third kappa shape index (κ3) is 1.67. The molecule has 15 heavy (non-hydrogen) atoms. The van der Waals surface area contributed by atoms with Crippen LogP contribution in [0.4, 0.5) is 10.1 Å². The molecule has 1 N–H and O–H groups in total. The first kappa shape index (κ1) is 9.96. The fourth-order valence-electron chi connectivity index (χ4n) is 1.84. The van der Waals surface area contributed by atoms with Gasteiger partial charge in [0.2, 0.25) is 5.91 Å². The normalized spacial score (nSPS) is 16.1. The Morgan fingerprint density at radius 3 is 2.87 bits per heavy atom. The molecule has 3 nitrogen and oxygen atoms in total. The summed E-state index contributed by atoms with van der Waals surface area (Å²) < 4.78 is 13.1. The van der Waals surface area contributed by atoms with Crippen LogP contribution in [0.1, 0.15) is 18.4 Å². The molecule has 1 heterocycles. The molecule has 0 unspecified atom stereocenters. The SMILES string of the molecule is CN1C(=O)CCCc2cc(F)c(O)cc21. The minimum absolute atomic E-state index is 0.000224. The van der Waals surface area contributed by atoms with E-state index < -0.39 is 11.6 Å². The van der Waals surface area contributed by atoms with Crippen molar-refractivity contribution in [2.45, 2.75) is 19.3 Å². The second-order valence-corrected chi connectivity index (χ2v) is 3.74. The van der Waals surface area contributed by atoms with E-state index >= 15 is 0 Å². The number of aryl methyl sites for hydroxylation is 1. The van der Waals surface area contributed by atoms with Crippen molar-refractivity contribution in [2.75, 3.05) is 11.9 Å². The molecule has 1 aromatic rings. The zero-order valence-electron chi connectivity index (χ0n) is 8.46. The van der Waals surface area contributed by atoms with E-state index in [1.165, 1.54) is 17.0 Å². The van der Waals surface area contributed by atoms with Crippen molar-refractivity contribution in [2.24, 2.45) is 0 Å². The van der Waals surface area contributed by atoms with E-state index in [9.17, 15) is 14.3 Å². The average Bonchev–Trinajstić information content (AvgIpc) is 2.32. The second-order valence-electron chi connectivity index (χ2n) is 3.74. The van der Waals surface area contributed by atoms with E-state index in [0.29, 0.717) is 18.5 Å². The predicted molar refractivity (Wildman–Crippen MR) is 54.4 cm³/mol. The quantitative estimate of drug-likeness (QED) is 0.708. The zero-order valence-corrected chi connectivity index (χ0v) is 8.46. The van der Waals surface area contributed by atoms with Gasteiger partial charge in [0.1, 0.15) is 0 Å². The third-order valence-electron chi connectivity index (χ3n) is 2.72. The van der Waals surface area contributed by atoms with Crippen molar-refractivity contribution in [3.8, 4) is 5.75 Å². The molecule has 0 spiro atoms. The summed E-state index contributed by atoms with van der Waals surface area (Å²) in [6.45, 7) is 0. The van der Waals surface area contributed by atoms with Crippen LogP contribution in [0, 0.1) is 5.82 Å². The highest BCUT2D eigenvalue weighted by molar-refractivity contribution is 5.94. The third-order valence-corrected chi connectivity index (χ3v) is 2.72. The lowest BCUT2D eigenvalue weighted by Crippen LogP contribution is -2.24. The van der Waals surface area contributed by atoms with Gasteiger partial charge in [-0.15, -0.1) is 0 Å². The Balaban J connectivity index is 2.54. The second kappa shape index (κ2) is 3.53. The van der Waals surface area contributed by atoms with Crippen molar-refractivity contribution in [1.29, 1.82) is 0 Å². The molecule has 1 amide bonds. The van der Waals surface area contributed by atoms with Crippen molar-refractivity contribution < 1.29 is 14.3 Å². The average molecular weight is 209 g/mol. The molecule has 0 saturated carbocycles. The molecule has 0 bridgehead atoms. The zero-order chi connectivity index (χ0) is 11.0. The molecule has 0 aromatic heterocycles. The van der Waals surface area contributed by atoms with E-state index in [-0.39, 0.29) is 5.91 Å². The first-order chi connectivity index (χ1) is 7.09. The van der Waals surface area contributed by atoms with E-state index in [1.807, 2.05) is 0 Å². The molecule has 0 atom stereocenters. The van der Waals surface area contributed by atoms with Gasteiger partial charge in [-0.1, -0.05) is 0 Å². The van der Waals surface area contributed by atoms with Crippen molar-refractivity contribution in [1.82, 2.24) is 0 Å². The molecule has 4 heteroatoms. The number of benzene rings is 1. The maximum atomic E-state index is 13.1. The number of anilines is 1. The Hall–Kier alpha value is -1.58. The summed E-state index contributed by atoms with van der Waals surface area (Å²) in [5.41, 5.74) is 1.38. The van der Waals surface area contributed by atoms with Gasteiger partial charge in [-0.25, -0.2) is 4.39 Å². The van der Waals surface area contributed by atoms with Crippen LogP contribution in [-0.2, 0) is 11.2 Å².